The van der Waals surface area contributed by atoms with Gasteiger partial charge in [-0.15, -0.1) is 30.9 Å². The minimum Gasteiger partial charge on any atom is -0.481 e. The molecule has 0 atom stereocenters. The van der Waals surface area contributed by atoms with Gasteiger partial charge in [-0.1, -0.05) is 29.3 Å². The Labute approximate surface area is 151 Å². The summed E-state index contributed by atoms with van der Waals surface area (Å²) in [5.74, 6) is 5.77. The average Bonchev–Trinajstić information content (AvgIpc) is 2.48. The summed E-state index contributed by atoms with van der Waals surface area (Å²) in [6, 6.07) is 7.65. The minimum absolute atomic E-state index is 0. The number of hydrogen-bond acceptors (Lipinski definition) is 2. The molecule has 1 aliphatic heterocycles. The molecule has 0 fully saturated rings. The topological polar surface area (TPSA) is 12.5 Å². The molecule has 0 unspecified atom stereocenters. The number of rotatable bonds is 3. The summed E-state index contributed by atoms with van der Waals surface area (Å²) in [7, 11) is 1.91. The molecule has 2 rings (SSSR count). The summed E-state index contributed by atoms with van der Waals surface area (Å²) in [4.78, 5) is 1.92. The maximum Gasteiger partial charge on any atom is 0.148 e. The van der Waals surface area contributed by atoms with E-state index < -0.39 is 0 Å². The van der Waals surface area contributed by atoms with Gasteiger partial charge in [0.1, 0.15) is 12.4 Å². The summed E-state index contributed by atoms with van der Waals surface area (Å²) in [6.45, 7) is 4.25. The Hall–Kier alpha value is -1.74. The van der Waals surface area contributed by atoms with Gasteiger partial charge in [0.25, 0.3) is 0 Å². The quantitative estimate of drug-likeness (QED) is 0.615. The first-order chi connectivity index (χ1) is 9.67. The predicted octanol–water partition coefficient (Wildman–Crippen LogP) is 2.86. The molecule has 0 N–H and O–H groups in total. The first-order valence-corrected chi connectivity index (χ1v) is 6.07. The smallest absolute Gasteiger partial charge is 0.148 e. The molecule has 0 amide bonds. The molecule has 1 aliphatic rings. The van der Waals surface area contributed by atoms with Gasteiger partial charge in [-0.2, -0.15) is 12.2 Å². The summed E-state index contributed by atoms with van der Waals surface area (Å²) in [5.41, 5.74) is 3.45. The van der Waals surface area contributed by atoms with Crippen molar-refractivity contribution >= 4 is 5.70 Å². The van der Waals surface area contributed by atoms with Crippen molar-refractivity contribution < 1.29 is 37.4 Å². The molecule has 0 saturated heterocycles. The van der Waals surface area contributed by atoms with Crippen LogP contribution in [0.5, 0.6) is 5.75 Å². The van der Waals surface area contributed by atoms with Crippen LogP contribution < -0.4 is 4.74 Å². The molecule has 0 aromatic heterocycles. The number of allylic oxidation sites excluding steroid dienone is 3. The first-order valence-electron chi connectivity index (χ1n) is 6.07. The van der Waals surface area contributed by atoms with E-state index in [1.807, 2.05) is 36.2 Å². The third-order valence-electron chi connectivity index (χ3n) is 3.01. The van der Waals surface area contributed by atoms with Crippen LogP contribution >= 0.6 is 0 Å². The Morgan fingerprint density at radius 1 is 1.29 bits per heavy atom. The van der Waals surface area contributed by atoms with Gasteiger partial charge in [-0.3, -0.25) is 0 Å². The van der Waals surface area contributed by atoms with Gasteiger partial charge >= 0.3 is 0 Å². The molecule has 0 saturated carbocycles. The SMILES string of the molecule is C#CCOc1ccc(C2=[C-]C=C(C#C)C(=C)N2C)cc1.[Y]. The molecule has 101 valence electrons. The van der Waals surface area contributed by atoms with Gasteiger partial charge in [0.15, 0.2) is 0 Å². The van der Waals surface area contributed by atoms with Gasteiger partial charge in [0.2, 0.25) is 0 Å². The molecule has 1 aromatic carbocycles. The molecular weight excluding hydrogens is 335 g/mol. The third-order valence-corrected chi connectivity index (χ3v) is 3.01. The molecule has 21 heavy (non-hydrogen) atoms. The van der Waals surface area contributed by atoms with E-state index in [9.17, 15) is 0 Å². The number of nitrogens with zero attached hydrogens (tertiary/aromatic N) is 1. The second-order valence-corrected chi connectivity index (χ2v) is 4.22. The summed E-state index contributed by atoms with van der Waals surface area (Å²) in [5, 5.41) is 0. The van der Waals surface area contributed by atoms with E-state index in [2.05, 4.69) is 24.5 Å². The van der Waals surface area contributed by atoms with E-state index in [0.717, 1.165) is 28.3 Å². The Morgan fingerprint density at radius 2 is 1.95 bits per heavy atom. The van der Waals surface area contributed by atoms with E-state index in [0.29, 0.717) is 0 Å². The minimum atomic E-state index is 0. The molecular formula is C18H14NOY-. The van der Waals surface area contributed by atoms with Crippen LogP contribution in [0.3, 0.4) is 0 Å². The van der Waals surface area contributed by atoms with Crippen LogP contribution in [0.25, 0.3) is 5.70 Å². The van der Waals surface area contributed by atoms with Crippen molar-refractivity contribution in [2.45, 2.75) is 0 Å². The van der Waals surface area contributed by atoms with Gasteiger partial charge in [-0.25, -0.2) is 0 Å². The number of likely N-dealkylation sites (N-methyl/N-ethyl adjacent to an activating group) is 1. The van der Waals surface area contributed by atoms with Crippen molar-refractivity contribution in [3.8, 4) is 30.4 Å². The van der Waals surface area contributed by atoms with Crippen LogP contribution in [-0.2, 0) is 32.7 Å². The second kappa shape index (κ2) is 7.89. The van der Waals surface area contributed by atoms with E-state index >= 15 is 0 Å². The zero-order valence-corrected chi connectivity index (χ0v) is 14.7. The van der Waals surface area contributed by atoms with Crippen LogP contribution in [-0.4, -0.2) is 18.6 Å². The largest absolute Gasteiger partial charge is 0.481 e. The van der Waals surface area contributed by atoms with Crippen LogP contribution in [0.4, 0.5) is 0 Å². The fourth-order valence-electron chi connectivity index (χ4n) is 1.87. The monoisotopic (exact) mass is 349 g/mol. The summed E-state index contributed by atoms with van der Waals surface area (Å²) in [6.07, 6.45) is 15.5. The van der Waals surface area contributed by atoms with Gasteiger partial charge in [0.05, 0.1) is 0 Å². The Balaban J connectivity index is 0.00000220. The average molecular weight is 349 g/mol. The van der Waals surface area contributed by atoms with Crippen LogP contribution in [0, 0.1) is 30.8 Å². The Morgan fingerprint density at radius 3 is 2.52 bits per heavy atom. The Kier molecular flexibility index (Phi) is 6.51. The molecule has 0 spiro atoms. The standard InChI is InChI=1S/C18H14NO.Y/c1-5-13-20-17-10-7-16(8-11-17)18-12-9-15(6-2)14(3)19(18)4;/h1-2,7-11H,3,13H2,4H3;/q-1;. The Bertz CT molecular complexity index is 669. The van der Waals surface area contributed by atoms with Crippen molar-refractivity contribution in [1.82, 2.24) is 4.90 Å². The first kappa shape index (κ1) is 17.3. The summed E-state index contributed by atoms with van der Waals surface area (Å²) < 4.78 is 5.34. The number of benzene rings is 1. The predicted molar refractivity (Wildman–Crippen MR) is 81.2 cm³/mol. The third kappa shape index (κ3) is 3.88. The number of terminal acetylenes is 2. The normalized spacial score (nSPS) is 13.3. The van der Waals surface area contributed by atoms with Crippen molar-refractivity contribution in [2.75, 3.05) is 13.7 Å². The van der Waals surface area contributed by atoms with Crippen LogP contribution in [0.1, 0.15) is 5.56 Å². The number of hydrogen-bond donors (Lipinski definition) is 0. The second-order valence-electron chi connectivity index (χ2n) is 4.22. The molecule has 2 nitrogen and oxygen atoms in total. The van der Waals surface area contributed by atoms with E-state index in [1.165, 1.54) is 0 Å². The van der Waals surface area contributed by atoms with Crippen molar-refractivity contribution in [2.24, 2.45) is 0 Å². The van der Waals surface area contributed by atoms with Crippen molar-refractivity contribution in [3.63, 3.8) is 0 Å². The van der Waals surface area contributed by atoms with E-state index in [1.54, 1.807) is 6.08 Å². The molecule has 1 radical (unpaired) electrons. The zero-order chi connectivity index (χ0) is 14.5. The summed E-state index contributed by atoms with van der Waals surface area (Å²) >= 11 is 0. The van der Waals surface area contributed by atoms with E-state index in [4.69, 9.17) is 17.6 Å². The maximum atomic E-state index is 5.42. The number of ether oxygens (including phenoxy) is 1. The molecule has 0 aliphatic carbocycles. The zero-order valence-electron chi connectivity index (χ0n) is 11.9. The molecule has 1 heterocycles. The molecule has 0 bridgehead atoms. The molecule has 3 heteroatoms. The molecule has 1 aromatic rings. The fourth-order valence-corrected chi connectivity index (χ4v) is 1.87. The van der Waals surface area contributed by atoms with Crippen molar-refractivity contribution in [1.29, 1.82) is 0 Å². The fraction of sp³-hybridized carbons (Fsp3) is 0.111. The maximum absolute atomic E-state index is 5.42. The van der Waals surface area contributed by atoms with Gasteiger partial charge < -0.3 is 9.64 Å². The van der Waals surface area contributed by atoms with E-state index in [-0.39, 0.29) is 39.3 Å². The van der Waals surface area contributed by atoms with Gasteiger partial charge in [-0.05, 0) is 17.8 Å². The van der Waals surface area contributed by atoms with Crippen LogP contribution in [0.2, 0.25) is 0 Å². The van der Waals surface area contributed by atoms with Crippen LogP contribution in [0.15, 0.2) is 48.2 Å². The van der Waals surface area contributed by atoms with Gasteiger partial charge in [0, 0.05) is 39.8 Å². The van der Waals surface area contributed by atoms with Crippen molar-refractivity contribution in [3.05, 3.63) is 59.8 Å².